The lowest BCUT2D eigenvalue weighted by Crippen LogP contribution is -2.12. The van der Waals surface area contributed by atoms with Crippen LogP contribution in [-0.4, -0.2) is 16.3 Å². The van der Waals surface area contributed by atoms with Crippen LogP contribution in [0.4, 0.5) is 0 Å². The van der Waals surface area contributed by atoms with Crippen molar-refractivity contribution in [3.63, 3.8) is 0 Å². The van der Waals surface area contributed by atoms with Gasteiger partial charge in [0.15, 0.2) is 0 Å². The molecule has 1 rings (SSSR count). The highest BCUT2D eigenvalue weighted by Crippen LogP contribution is 1.99. The highest BCUT2D eigenvalue weighted by molar-refractivity contribution is 5.06. The van der Waals surface area contributed by atoms with E-state index in [4.69, 9.17) is 5.73 Å². The molecule has 2 N–H and O–H groups in total. The van der Waals surface area contributed by atoms with Gasteiger partial charge >= 0.3 is 0 Å². The van der Waals surface area contributed by atoms with Crippen molar-refractivity contribution in [2.45, 2.75) is 20.4 Å². The topological polar surface area (TPSA) is 43.8 Å². The third kappa shape index (κ3) is 1.36. The zero-order valence-corrected chi connectivity index (χ0v) is 6.46. The van der Waals surface area contributed by atoms with Gasteiger partial charge in [-0.1, -0.05) is 0 Å². The minimum atomic E-state index is 0.655. The predicted octanol–water partition coefficient (Wildman–Crippen LogP) is 0.459. The van der Waals surface area contributed by atoms with Gasteiger partial charge in [-0.15, -0.1) is 0 Å². The van der Waals surface area contributed by atoms with Gasteiger partial charge < -0.3 is 5.73 Å². The van der Waals surface area contributed by atoms with Crippen LogP contribution in [0.1, 0.15) is 11.4 Å². The fourth-order valence-corrected chi connectivity index (χ4v) is 1.02. The van der Waals surface area contributed by atoms with Crippen LogP contribution in [-0.2, 0) is 6.54 Å². The normalized spacial score (nSPS) is 10.3. The summed E-state index contributed by atoms with van der Waals surface area (Å²) in [6, 6.07) is 2.05. The molecule has 0 aliphatic rings. The number of hydrogen-bond donors (Lipinski definition) is 1. The van der Waals surface area contributed by atoms with Gasteiger partial charge in [0, 0.05) is 12.2 Å². The van der Waals surface area contributed by atoms with Crippen LogP contribution < -0.4 is 5.73 Å². The van der Waals surface area contributed by atoms with Crippen LogP contribution in [0, 0.1) is 13.8 Å². The minimum absolute atomic E-state index is 0.655. The number of nitrogens with zero attached hydrogens (tertiary/aromatic N) is 2. The number of hydrogen-bond acceptors (Lipinski definition) is 2. The quantitative estimate of drug-likeness (QED) is 0.646. The smallest absolute Gasteiger partial charge is 0.0596 e. The molecule has 0 saturated heterocycles. The fourth-order valence-electron chi connectivity index (χ4n) is 1.02. The molecule has 3 nitrogen and oxygen atoms in total. The molecular weight excluding hydrogens is 126 g/mol. The van der Waals surface area contributed by atoms with Crippen molar-refractivity contribution in [3.8, 4) is 0 Å². The second-order valence-corrected chi connectivity index (χ2v) is 2.44. The molecule has 0 aromatic carbocycles. The molecule has 0 amide bonds. The lowest BCUT2D eigenvalue weighted by atomic mass is 10.4. The first-order chi connectivity index (χ1) is 4.74. The summed E-state index contributed by atoms with van der Waals surface area (Å²) >= 11 is 0. The Hall–Kier alpha value is -0.830. The van der Waals surface area contributed by atoms with Crippen LogP contribution >= 0.6 is 0 Å². The Morgan fingerprint density at radius 3 is 2.70 bits per heavy atom. The van der Waals surface area contributed by atoms with Gasteiger partial charge in [0.2, 0.25) is 0 Å². The minimum Gasteiger partial charge on any atom is -0.329 e. The number of aromatic nitrogens is 2. The summed E-state index contributed by atoms with van der Waals surface area (Å²) in [6.45, 7) is 5.50. The largest absolute Gasteiger partial charge is 0.329 e. The van der Waals surface area contributed by atoms with E-state index < -0.39 is 0 Å². The Morgan fingerprint density at radius 2 is 2.30 bits per heavy atom. The van der Waals surface area contributed by atoms with E-state index >= 15 is 0 Å². The first kappa shape index (κ1) is 7.28. The Balaban J connectivity index is 2.81. The highest BCUT2D eigenvalue weighted by Gasteiger charge is 1.97. The molecule has 1 heterocycles. The van der Waals surface area contributed by atoms with E-state index in [2.05, 4.69) is 11.2 Å². The fraction of sp³-hybridized carbons (Fsp3) is 0.571. The Labute approximate surface area is 60.8 Å². The highest BCUT2D eigenvalue weighted by atomic mass is 15.3. The van der Waals surface area contributed by atoms with Gasteiger partial charge in [-0.3, -0.25) is 4.68 Å². The van der Waals surface area contributed by atoms with Crippen LogP contribution in [0.3, 0.4) is 0 Å². The van der Waals surface area contributed by atoms with Crippen molar-refractivity contribution in [3.05, 3.63) is 17.5 Å². The average Bonchev–Trinajstić information content (AvgIpc) is 2.13. The average molecular weight is 139 g/mol. The van der Waals surface area contributed by atoms with Gasteiger partial charge in [-0.2, -0.15) is 5.10 Å². The first-order valence-corrected chi connectivity index (χ1v) is 3.45. The lowest BCUT2D eigenvalue weighted by Gasteiger charge is -1.98. The third-order valence-corrected chi connectivity index (χ3v) is 1.44. The molecular formula is C7H13N3. The van der Waals surface area contributed by atoms with Gasteiger partial charge in [0.1, 0.15) is 0 Å². The van der Waals surface area contributed by atoms with Crippen molar-refractivity contribution in [2.24, 2.45) is 5.73 Å². The molecule has 0 aliphatic heterocycles. The predicted molar refractivity (Wildman–Crippen MR) is 40.8 cm³/mol. The van der Waals surface area contributed by atoms with Gasteiger partial charge in [-0.25, -0.2) is 0 Å². The van der Waals surface area contributed by atoms with E-state index in [0.717, 1.165) is 12.2 Å². The molecule has 0 spiro atoms. The Bertz CT molecular complexity index is 215. The van der Waals surface area contributed by atoms with Crippen LogP contribution in [0.2, 0.25) is 0 Å². The van der Waals surface area contributed by atoms with E-state index in [0.29, 0.717) is 6.54 Å². The monoisotopic (exact) mass is 139 g/mol. The zero-order chi connectivity index (χ0) is 7.56. The van der Waals surface area contributed by atoms with Crippen LogP contribution in [0.25, 0.3) is 0 Å². The second-order valence-electron chi connectivity index (χ2n) is 2.44. The van der Waals surface area contributed by atoms with Crippen molar-refractivity contribution >= 4 is 0 Å². The molecule has 0 atom stereocenters. The summed E-state index contributed by atoms with van der Waals surface area (Å²) in [5.41, 5.74) is 7.62. The summed E-state index contributed by atoms with van der Waals surface area (Å²) in [5.74, 6) is 0. The molecule has 3 heteroatoms. The van der Waals surface area contributed by atoms with Gasteiger partial charge in [0.05, 0.1) is 12.2 Å². The molecule has 0 bridgehead atoms. The maximum atomic E-state index is 5.38. The first-order valence-electron chi connectivity index (χ1n) is 3.45. The molecule has 10 heavy (non-hydrogen) atoms. The summed E-state index contributed by atoms with van der Waals surface area (Å²) < 4.78 is 1.93. The van der Waals surface area contributed by atoms with Crippen LogP contribution in [0.15, 0.2) is 6.07 Å². The molecule has 0 unspecified atom stereocenters. The molecule has 0 radical (unpaired) electrons. The molecule has 0 fully saturated rings. The van der Waals surface area contributed by atoms with Crippen LogP contribution in [0.5, 0.6) is 0 Å². The Morgan fingerprint density at radius 1 is 1.60 bits per heavy atom. The van der Waals surface area contributed by atoms with Gasteiger partial charge in [0.25, 0.3) is 0 Å². The van der Waals surface area contributed by atoms with Crippen molar-refractivity contribution in [1.82, 2.24) is 9.78 Å². The van der Waals surface area contributed by atoms with Crippen molar-refractivity contribution < 1.29 is 0 Å². The second kappa shape index (κ2) is 2.84. The molecule has 1 aromatic rings. The number of aryl methyl sites for hydroxylation is 2. The molecule has 0 saturated carbocycles. The summed E-state index contributed by atoms with van der Waals surface area (Å²) in [7, 11) is 0. The summed E-state index contributed by atoms with van der Waals surface area (Å²) in [4.78, 5) is 0. The SMILES string of the molecule is Cc1cc(C)n(CCN)n1. The van der Waals surface area contributed by atoms with E-state index in [1.807, 2.05) is 18.5 Å². The van der Waals surface area contributed by atoms with E-state index in [9.17, 15) is 0 Å². The summed E-state index contributed by atoms with van der Waals surface area (Å²) in [5, 5.41) is 4.24. The summed E-state index contributed by atoms with van der Waals surface area (Å²) in [6.07, 6.45) is 0. The van der Waals surface area contributed by atoms with Gasteiger partial charge in [-0.05, 0) is 19.9 Å². The van der Waals surface area contributed by atoms with Crippen molar-refractivity contribution in [2.75, 3.05) is 6.54 Å². The van der Waals surface area contributed by atoms with E-state index in [1.165, 1.54) is 5.69 Å². The third-order valence-electron chi connectivity index (χ3n) is 1.44. The maximum absolute atomic E-state index is 5.38. The number of rotatable bonds is 2. The molecule has 1 aromatic heterocycles. The van der Waals surface area contributed by atoms with E-state index in [1.54, 1.807) is 0 Å². The number of nitrogens with two attached hydrogens (primary N) is 1. The zero-order valence-electron chi connectivity index (χ0n) is 6.46. The Kier molecular flexibility index (Phi) is 2.06. The van der Waals surface area contributed by atoms with E-state index in [-0.39, 0.29) is 0 Å². The molecule has 0 aliphatic carbocycles. The molecule has 56 valence electrons. The maximum Gasteiger partial charge on any atom is 0.0596 e. The lowest BCUT2D eigenvalue weighted by molar-refractivity contribution is 0.604. The standard InChI is InChI=1S/C7H13N3/c1-6-5-7(2)10(9-6)4-3-8/h5H,3-4,8H2,1-2H3. The van der Waals surface area contributed by atoms with Crippen molar-refractivity contribution in [1.29, 1.82) is 0 Å².